The Labute approximate surface area is 323 Å². The number of sulfonamides is 1. The molecule has 3 aromatic carbocycles. The second-order valence-corrected chi connectivity index (χ2v) is 14.7. The van der Waals surface area contributed by atoms with Crippen molar-refractivity contribution in [3.05, 3.63) is 77.4 Å². The van der Waals surface area contributed by atoms with Gasteiger partial charge in [-0.25, -0.2) is 13.2 Å². The van der Waals surface area contributed by atoms with Crippen LogP contribution in [0.2, 0.25) is 0 Å². The van der Waals surface area contributed by atoms with Gasteiger partial charge in [-0.2, -0.15) is 4.31 Å². The van der Waals surface area contributed by atoms with Crippen LogP contribution >= 0.6 is 24.8 Å². The molecule has 2 saturated heterocycles. The van der Waals surface area contributed by atoms with Gasteiger partial charge in [0.1, 0.15) is 22.1 Å². The highest BCUT2D eigenvalue weighted by molar-refractivity contribution is 7.93. The predicted octanol–water partition coefficient (Wildman–Crippen LogP) is 4.57. The number of carbonyl (C=O) groups is 2. The molecule has 3 aromatic rings. The molecule has 3 aliphatic heterocycles. The number of rotatable bonds is 11. The molecular weight excluding hydrogens is 747 g/mol. The van der Waals surface area contributed by atoms with Crippen LogP contribution < -0.4 is 18.5 Å². The average Bonchev–Trinajstić information content (AvgIpc) is 3.41. The number of nitrogens with zero attached hydrogens (tertiary/aromatic N) is 4. The molecule has 1 atom stereocenters. The molecule has 290 valence electrons. The van der Waals surface area contributed by atoms with Crippen LogP contribution in [0.3, 0.4) is 0 Å². The van der Waals surface area contributed by atoms with Gasteiger partial charge in [0, 0.05) is 56.5 Å². The summed E-state index contributed by atoms with van der Waals surface area (Å²) in [5, 5.41) is 0. The molecule has 0 saturated carbocycles. The Kier molecular flexibility index (Phi) is 13.9. The molecule has 53 heavy (non-hydrogen) atoms. The molecule has 0 aromatic heterocycles. The van der Waals surface area contributed by atoms with Crippen LogP contribution in [0, 0.1) is 0 Å². The lowest BCUT2D eigenvalue weighted by molar-refractivity contribution is -0.132. The number of piperidine rings is 1. The maximum absolute atomic E-state index is 15.3. The van der Waals surface area contributed by atoms with Crippen LogP contribution in [0.4, 0.5) is 10.5 Å². The number of carbonyl (C=O) groups excluding carboxylic acids is 2. The highest BCUT2D eigenvalue weighted by Crippen LogP contribution is 2.52. The van der Waals surface area contributed by atoms with E-state index in [4.69, 9.17) is 23.7 Å². The van der Waals surface area contributed by atoms with Crippen molar-refractivity contribution >= 4 is 52.5 Å². The number of hydrogen-bond acceptors (Lipinski definition) is 11. The summed E-state index contributed by atoms with van der Waals surface area (Å²) < 4.78 is 58.3. The lowest BCUT2D eigenvalue weighted by Gasteiger charge is -2.42. The molecule has 13 nitrogen and oxygen atoms in total. The van der Waals surface area contributed by atoms with E-state index in [9.17, 15) is 13.2 Å². The molecule has 0 bridgehead atoms. The van der Waals surface area contributed by atoms with E-state index in [1.165, 1.54) is 45.6 Å². The van der Waals surface area contributed by atoms with Crippen molar-refractivity contribution in [1.82, 2.24) is 14.7 Å². The zero-order valence-corrected chi connectivity index (χ0v) is 33.1. The predicted molar refractivity (Wildman–Crippen MR) is 205 cm³/mol. The Balaban J connectivity index is 0.00000314. The Morgan fingerprint density at radius 3 is 2.09 bits per heavy atom. The molecule has 3 aliphatic rings. The maximum atomic E-state index is 15.3. The fourth-order valence-corrected chi connectivity index (χ4v) is 8.92. The third kappa shape index (κ3) is 7.89. The van der Waals surface area contributed by atoms with Crippen LogP contribution in [-0.2, 0) is 36.3 Å². The minimum atomic E-state index is -4.66. The van der Waals surface area contributed by atoms with Gasteiger partial charge in [0.05, 0.1) is 33.6 Å². The number of anilines is 1. The summed E-state index contributed by atoms with van der Waals surface area (Å²) in [6, 6.07) is 16.4. The van der Waals surface area contributed by atoms with E-state index in [1.54, 1.807) is 36.3 Å². The van der Waals surface area contributed by atoms with Crippen molar-refractivity contribution in [3.63, 3.8) is 0 Å². The van der Waals surface area contributed by atoms with E-state index in [0.717, 1.165) is 25.9 Å². The highest BCUT2D eigenvalue weighted by atomic mass is 35.5. The lowest BCUT2D eigenvalue weighted by Crippen LogP contribution is -2.55. The molecule has 2 fully saturated rings. The summed E-state index contributed by atoms with van der Waals surface area (Å²) in [4.78, 5) is 35.7. The quantitative estimate of drug-likeness (QED) is 0.271. The summed E-state index contributed by atoms with van der Waals surface area (Å²) in [7, 11) is 3.30. The van der Waals surface area contributed by atoms with Gasteiger partial charge in [0.25, 0.3) is 15.9 Å². The van der Waals surface area contributed by atoms with Crippen molar-refractivity contribution in [2.24, 2.45) is 0 Å². The average molecular weight is 796 g/mol. The largest absolute Gasteiger partial charge is 0.497 e. The van der Waals surface area contributed by atoms with Gasteiger partial charge in [0.2, 0.25) is 5.60 Å². The topological polar surface area (TPSA) is 127 Å². The third-order valence-electron chi connectivity index (χ3n) is 10.2. The molecule has 0 spiro atoms. The van der Waals surface area contributed by atoms with Crippen LogP contribution in [-0.4, -0.2) is 123 Å². The normalized spacial score (nSPS) is 19.5. The second-order valence-electron chi connectivity index (χ2n) is 13.0. The Bertz CT molecular complexity index is 1870. The second kappa shape index (κ2) is 17.6. The van der Waals surface area contributed by atoms with E-state index < -0.39 is 27.6 Å². The summed E-state index contributed by atoms with van der Waals surface area (Å²) in [5.41, 5.74) is -1.02. The Morgan fingerprint density at radius 2 is 1.45 bits per heavy atom. The summed E-state index contributed by atoms with van der Waals surface area (Å²) in [5.74, 6) is -0.263. The summed E-state index contributed by atoms with van der Waals surface area (Å²) in [6.07, 6.45) is 1.78. The van der Waals surface area contributed by atoms with Crippen molar-refractivity contribution in [2.75, 3.05) is 85.7 Å². The van der Waals surface area contributed by atoms with E-state index in [1.807, 2.05) is 12.1 Å². The first kappa shape index (κ1) is 42.0. The molecule has 6 rings (SSSR count). The van der Waals surface area contributed by atoms with Crippen molar-refractivity contribution < 1.29 is 41.7 Å². The van der Waals surface area contributed by atoms with E-state index in [-0.39, 0.29) is 46.7 Å². The minimum Gasteiger partial charge on any atom is -0.497 e. The van der Waals surface area contributed by atoms with Crippen molar-refractivity contribution in [3.8, 4) is 17.2 Å². The monoisotopic (exact) mass is 794 g/mol. The molecular formula is C37H48Cl2N4O9S. The van der Waals surface area contributed by atoms with Gasteiger partial charge >= 0.3 is 6.09 Å². The fourth-order valence-electron chi connectivity index (χ4n) is 7.33. The van der Waals surface area contributed by atoms with Crippen LogP contribution in [0.5, 0.6) is 17.2 Å². The lowest BCUT2D eigenvalue weighted by atomic mass is 9.83. The standard InChI is InChI=1S/C37H46N4O9S.2ClH/c1-38-17-14-27(15-18-38)39-19-21-40(22-20-39)36(43)50-37(30-9-7-6-8-26(30)16-23-46-2)31-24-28(47-3)10-12-32(31)41(35(37)42)51(44,45)34-13-11-29(48-4)25-33(34)49-5;;/h6-13,24-25,27H,14-23H2,1-5H3;2*1H. The summed E-state index contributed by atoms with van der Waals surface area (Å²) in [6.45, 7) is 4.50. The molecule has 0 N–H and O–H groups in total. The number of hydrogen-bond donors (Lipinski definition) is 0. The molecule has 16 heteroatoms. The van der Waals surface area contributed by atoms with Gasteiger partial charge in [-0.15, -0.1) is 24.8 Å². The van der Waals surface area contributed by atoms with Crippen molar-refractivity contribution in [1.29, 1.82) is 0 Å². The van der Waals surface area contributed by atoms with E-state index in [2.05, 4.69) is 16.8 Å². The third-order valence-corrected chi connectivity index (χ3v) is 11.9. The molecule has 1 unspecified atom stereocenters. The number of amides is 2. The highest BCUT2D eigenvalue weighted by Gasteiger charge is 2.60. The first-order valence-electron chi connectivity index (χ1n) is 17.1. The van der Waals surface area contributed by atoms with Gasteiger partial charge < -0.3 is 33.5 Å². The Hall–Kier alpha value is -3.79. The number of fused-ring (bicyclic) bond motifs is 1. The number of piperazine rings is 1. The zero-order valence-electron chi connectivity index (χ0n) is 30.6. The van der Waals surface area contributed by atoms with Crippen LogP contribution in [0.1, 0.15) is 29.5 Å². The van der Waals surface area contributed by atoms with Crippen LogP contribution in [0.25, 0.3) is 0 Å². The number of methoxy groups -OCH3 is 4. The van der Waals surface area contributed by atoms with Crippen molar-refractivity contribution in [2.45, 2.75) is 35.8 Å². The SMILES string of the molecule is COCCc1ccccc1C1(OC(=O)N2CCN(C3CCN(C)CC3)CC2)C(=O)N(S(=O)(=O)c2ccc(OC)cc2OC)c2ccc(OC)cc21.Cl.Cl. The van der Waals surface area contributed by atoms with Gasteiger partial charge in [-0.1, -0.05) is 24.3 Å². The van der Waals surface area contributed by atoms with Gasteiger partial charge in [0.15, 0.2) is 0 Å². The molecule has 0 aliphatic carbocycles. The zero-order chi connectivity index (χ0) is 36.3. The number of halogens is 2. The molecule has 3 heterocycles. The first-order chi connectivity index (χ1) is 24.6. The number of likely N-dealkylation sites (tertiary alicyclic amines) is 1. The maximum Gasteiger partial charge on any atom is 0.411 e. The molecule has 2 amide bonds. The number of benzene rings is 3. The minimum absolute atomic E-state index is 0. The van der Waals surface area contributed by atoms with E-state index >= 15 is 4.79 Å². The first-order valence-corrected chi connectivity index (χ1v) is 18.5. The summed E-state index contributed by atoms with van der Waals surface area (Å²) >= 11 is 0. The Morgan fingerprint density at radius 1 is 0.811 bits per heavy atom. The fraction of sp³-hybridized carbons (Fsp3) is 0.459. The van der Waals surface area contributed by atoms with Crippen LogP contribution in [0.15, 0.2) is 65.6 Å². The van der Waals surface area contributed by atoms with E-state index in [0.29, 0.717) is 72.2 Å². The number of ether oxygens (including phenoxy) is 5. The smallest absolute Gasteiger partial charge is 0.411 e. The van der Waals surface area contributed by atoms with Gasteiger partial charge in [-0.3, -0.25) is 9.69 Å². The van der Waals surface area contributed by atoms with Gasteiger partial charge in [-0.05, 0) is 75.3 Å². The molecule has 0 radical (unpaired) electrons.